The Morgan fingerprint density at radius 1 is 1.37 bits per heavy atom. The van der Waals surface area contributed by atoms with Crippen LogP contribution in [0.3, 0.4) is 0 Å². The molecule has 1 aliphatic heterocycles. The Balaban J connectivity index is 1.64. The maximum atomic E-state index is 12.7. The molecule has 0 radical (unpaired) electrons. The van der Waals surface area contributed by atoms with Crippen molar-refractivity contribution in [1.29, 1.82) is 0 Å². The van der Waals surface area contributed by atoms with Gasteiger partial charge >= 0.3 is 0 Å². The first kappa shape index (κ1) is 18.6. The minimum absolute atomic E-state index is 0.0547. The predicted octanol–water partition coefficient (Wildman–Crippen LogP) is 2.66. The van der Waals surface area contributed by atoms with E-state index in [1.807, 2.05) is 30.0 Å². The number of amides is 2. The van der Waals surface area contributed by atoms with Gasteiger partial charge in [0.05, 0.1) is 12.6 Å². The van der Waals surface area contributed by atoms with Crippen LogP contribution in [0.2, 0.25) is 0 Å². The summed E-state index contributed by atoms with van der Waals surface area (Å²) in [5.41, 5.74) is 4.45. The summed E-state index contributed by atoms with van der Waals surface area (Å²) in [4.78, 5) is 29.3. The fourth-order valence-corrected chi connectivity index (χ4v) is 3.37. The molecule has 6 nitrogen and oxygen atoms in total. The highest BCUT2D eigenvalue weighted by Gasteiger charge is 2.26. The molecule has 2 N–H and O–H groups in total. The number of fused-ring (bicyclic) bond motifs is 1. The topological polar surface area (TPSA) is 74.3 Å². The van der Waals surface area contributed by atoms with Crippen molar-refractivity contribution in [2.24, 2.45) is 0 Å². The summed E-state index contributed by atoms with van der Waals surface area (Å²) in [6.45, 7) is 4.93. The van der Waals surface area contributed by atoms with E-state index >= 15 is 0 Å². The largest absolute Gasteiger partial charge is 0.361 e. The van der Waals surface area contributed by atoms with Crippen LogP contribution in [0.4, 0.5) is 5.82 Å². The summed E-state index contributed by atoms with van der Waals surface area (Å²) >= 11 is 0. The van der Waals surface area contributed by atoms with E-state index in [1.54, 1.807) is 18.5 Å². The van der Waals surface area contributed by atoms with E-state index in [0.29, 0.717) is 12.2 Å². The summed E-state index contributed by atoms with van der Waals surface area (Å²) < 4.78 is 0. The van der Waals surface area contributed by atoms with E-state index < -0.39 is 0 Å². The normalized spacial score (nSPS) is 16.1. The first-order chi connectivity index (χ1) is 13.1. The van der Waals surface area contributed by atoms with Gasteiger partial charge in [0.15, 0.2) is 0 Å². The SMILES string of the molecule is Cc1cnc(NCC(=O)N2CCc3ccccc3C2C)cc1/C=C\NC=O. The number of nitrogens with one attached hydrogen (secondary N) is 2. The third-order valence-electron chi connectivity index (χ3n) is 4.91. The minimum atomic E-state index is 0.0547. The van der Waals surface area contributed by atoms with Crippen molar-refractivity contribution in [3.05, 3.63) is 65.0 Å². The molecule has 2 aromatic rings. The number of hydrogen-bond acceptors (Lipinski definition) is 4. The highest BCUT2D eigenvalue weighted by Crippen LogP contribution is 2.29. The number of carbonyl (C=O) groups excluding carboxylic acids is 2. The lowest BCUT2D eigenvalue weighted by Gasteiger charge is -2.35. The fraction of sp³-hybridized carbons (Fsp3) is 0.286. The zero-order valence-electron chi connectivity index (χ0n) is 15.6. The van der Waals surface area contributed by atoms with Crippen LogP contribution in [-0.2, 0) is 16.0 Å². The van der Waals surface area contributed by atoms with Crippen molar-refractivity contribution in [3.63, 3.8) is 0 Å². The summed E-state index contributed by atoms with van der Waals surface area (Å²) in [7, 11) is 0. The quantitative estimate of drug-likeness (QED) is 0.773. The maximum absolute atomic E-state index is 12.7. The summed E-state index contributed by atoms with van der Waals surface area (Å²) in [6.07, 6.45) is 6.60. The standard InChI is InChI=1S/C21H24N4O2/c1-15-12-23-20(11-18(15)7-9-22-14-26)24-13-21(27)25-10-8-17-5-3-4-6-19(17)16(25)2/h3-7,9,11-12,14,16H,8,10,13H2,1-2H3,(H,22,26)(H,23,24)/b9-7-. The molecule has 6 heteroatoms. The van der Waals surface area contributed by atoms with E-state index in [2.05, 4.69) is 34.7 Å². The molecule has 0 spiro atoms. The lowest BCUT2D eigenvalue weighted by atomic mass is 9.93. The molecule has 0 aliphatic carbocycles. The number of pyridine rings is 1. The Kier molecular flexibility index (Phi) is 5.86. The summed E-state index contributed by atoms with van der Waals surface area (Å²) in [5.74, 6) is 0.684. The van der Waals surface area contributed by atoms with Gasteiger partial charge in [-0.25, -0.2) is 4.98 Å². The van der Waals surface area contributed by atoms with Gasteiger partial charge in [-0.05, 0) is 54.7 Å². The first-order valence-corrected chi connectivity index (χ1v) is 9.04. The third kappa shape index (κ3) is 4.34. The average Bonchev–Trinajstić information content (AvgIpc) is 2.69. The lowest BCUT2D eigenvalue weighted by molar-refractivity contribution is -0.131. The van der Waals surface area contributed by atoms with Crippen LogP contribution in [0, 0.1) is 6.92 Å². The molecule has 1 aromatic carbocycles. The van der Waals surface area contributed by atoms with Gasteiger partial charge in [-0.2, -0.15) is 0 Å². The number of rotatable bonds is 6. The van der Waals surface area contributed by atoms with E-state index in [1.165, 1.54) is 11.1 Å². The zero-order valence-corrected chi connectivity index (χ0v) is 15.6. The average molecular weight is 364 g/mol. The molecule has 27 heavy (non-hydrogen) atoms. The van der Waals surface area contributed by atoms with Gasteiger partial charge in [-0.15, -0.1) is 0 Å². The van der Waals surface area contributed by atoms with Crippen LogP contribution < -0.4 is 10.6 Å². The Labute approximate surface area is 159 Å². The van der Waals surface area contributed by atoms with Crippen LogP contribution >= 0.6 is 0 Å². The molecule has 0 saturated heterocycles. The smallest absolute Gasteiger partial charge is 0.242 e. The van der Waals surface area contributed by atoms with Crippen LogP contribution in [0.15, 0.2) is 42.7 Å². The molecule has 1 atom stereocenters. The number of benzene rings is 1. The number of aryl methyl sites for hydroxylation is 1. The van der Waals surface area contributed by atoms with Crippen LogP contribution in [-0.4, -0.2) is 35.3 Å². The Bertz CT molecular complexity index is 863. The molecule has 2 amide bonds. The van der Waals surface area contributed by atoms with E-state index in [4.69, 9.17) is 0 Å². The van der Waals surface area contributed by atoms with Gasteiger partial charge in [0.25, 0.3) is 0 Å². The Morgan fingerprint density at radius 3 is 3.00 bits per heavy atom. The van der Waals surface area contributed by atoms with Gasteiger partial charge in [-0.3, -0.25) is 9.59 Å². The molecule has 1 aliphatic rings. The second-order valence-electron chi connectivity index (χ2n) is 6.61. The van der Waals surface area contributed by atoms with E-state index in [0.717, 1.165) is 24.1 Å². The van der Waals surface area contributed by atoms with Crippen molar-refractivity contribution < 1.29 is 9.59 Å². The molecule has 1 aromatic heterocycles. The van der Waals surface area contributed by atoms with Crippen molar-refractivity contribution in [2.45, 2.75) is 26.3 Å². The monoisotopic (exact) mass is 364 g/mol. The zero-order chi connectivity index (χ0) is 19.2. The third-order valence-corrected chi connectivity index (χ3v) is 4.91. The number of carbonyl (C=O) groups is 2. The van der Waals surface area contributed by atoms with Crippen molar-refractivity contribution in [3.8, 4) is 0 Å². The molecule has 2 heterocycles. The predicted molar refractivity (Wildman–Crippen MR) is 106 cm³/mol. The molecule has 1 unspecified atom stereocenters. The van der Waals surface area contributed by atoms with Crippen molar-refractivity contribution in [2.75, 3.05) is 18.4 Å². The molecule has 0 bridgehead atoms. The molecular weight excluding hydrogens is 340 g/mol. The summed E-state index contributed by atoms with van der Waals surface area (Å²) in [5, 5.41) is 5.61. The van der Waals surface area contributed by atoms with Crippen LogP contribution in [0.25, 0.3) is 6.08 Å². The molecule has 140 valence electrons. The fourth-order valence-electron chi connectivity index (χ4n) is 3.37. The highest BCUT2D eigenvalue weighted by atomic mass is 16.2. The van der Waals surface area contributed by atoms with Gasteiger partial charge in [0.1, 0.15) is 5.82 Å². The summed E-state index contributed by atoms with van der Waals surface area (Å²) in [6, 6.07) is 10.2. The molecule has 3 rings (SSSR count). The molecule has 0 saturated carbocycles. The number of aromatic nitrogens is 1. The highest BCUT2D eigenvalue weighted by molar-refractivity contribution is 5.81. The van der Waals surface area contributed by atoms with Crippen molar-refractivity contribution in [1.82, 2.24) is 15.2 Å². The minimum Gasteiger partial charge on any atom is -0.361 e. The molecule has 0 fully saturated rings. The first-order valence-electron chi connectivity index (χ1n) is 9.04. The maximum Gasteiger partial charge on any atom is 0.242 e. The number of hydrogen-bond donors (Lipinski definition) is 2. The van der Waals surface area contributed by atoms with Gasteiger partial charge in [0, 0.05) is 18.9 Å². The van der Waals surface area contributed by atoms with Gasteiger partial charge in [0.2, 0.25) is 12.3 Å². The Morgan fingerprint density at radius 2 is 2.19 bits per heavy atom. The van der Waals surface area contributed by atoms with Crippen LogP contribution in [0.1, 0.15) is 35.2 Å². The Hall–Kier alpha value is -3.15. The van der Waals surface area contributed by atoms with Gasteiger partial charge < -0.3 is 15.5 Å². The van der Waals surface area contributed by atoms with E-state index in [9.17, 15) is 9.59 Å². The second-order valence-corrected chi connectivity index (χ2v) is 6.61. The van der Waals surface area contributed by atoms with E-state index in [-0.39, 0.29) is 18.5 Å². The lowest BCUT2D eigenvalue weighted by Crippen LogP contribution is -2.41. The van der Waals surface area contributed by atoms with Crippen molar-refractivity contribution >= 4 is 24.2 Å². The second kappa shape index (κ2) is 8.49. The number of anilines is 1. The van der Waals surface area contributed by atoms with Crippen LogP contribution in [0.5, 0.6) is 0 Å². The number of nitrogens with zero attached hydrogens (tertiary/aromatic N) is 2. The molecular formula is C21H24N4O2. The van der Waals surface area contributed by atoms with Gasteiger partial charge in [-0.1, -0.05) is 24.3 Å².